The molecule has 2 heterocycles. The molecule has 1 aliphatic heterocycles. The Balaban J connectivity index is 1.36. The van der Waals surface area contributed by atoms with E-state index >= 15 is 0 Å². The van der Waals surface area contributed by atoms with Crippen LogP contribution in [0.1, 0.15) is 37.8 Å². The number of benzene rings is 1. The molecule has 0 unspecified atom stereocenters. The van der Waals surface area contributed by atoms with Crippen LogP contribution in [0.3, 0.4) is 0 Å². The van der Waals surface area contributed by atoms with E-state index in [0.29, 0.717) is 25.9 Å². The van der Waals surface area contributed by atoms with Crippen molar-refractivity contribution in [2.75, 3.05) is 18.0 Å². The standard InChI is InChI=1S/C20H20F2N4O/c21-14-2-3-17(16(22)10-14)27-15-4-8-26(9-5-15)19-12-24-18(11-25-19)20(13-23)6-1-7-20/h2-3,10-12,15H,1,4-9H2. The first-order valence-electron chi connectivity index (χ1n) is 9.20. The van der Waals surface area contributed by atoms with Crippen LogP contribution in [-0.2, 0) is 5.41 Å². The maximum absolute atomic E-state index is 13.7. The van der Waals surface area contributed by atoms with Gasteiger partial charge in [-0.1, -0.05) is 0 Å². The second kappa shape index (κ2) is 7.10. The smallest absolute Gasteiger partial charge is 0.167 e. The van der Waals surface area contributed by atoms with Crippen LogP contribution in [0, 0.1) is 23.0 Å². The van der Waals surface area contributed by atoms with Crippen molar-refractivity contribution in [1.82, 2.24) is 9.97 Å². The molecular weight excluding hydrogens is 350 g/mol. The molecule has 1 saturated carbocycles. The Bertz CT molecular complexity index is 853. The highest BCUT2D eigenvalue weighted by molar-refractivity contribution is 5.39. The van der Waals surface area contributed by atoms with Crippen LogP contribution >= 0.6 is 0 Å². The molecule has 2 fully saturated rings. The minimum atomic E-state index is -0.679. The van der Waals surface area contributed by atoms with Gasteiger partial charge in [-0.2, -0.15) is 5.26 Å². The van der Waals surface area contributed by atoms with Gasteiger partial charge in [0, 0.05) is 32.0 Å². The van der Waals surface area contributed by atoms with Gasteiger partial charge in [-0.05, 0) is 31.4 Å². The van der Waals surface area contributed by atoms with Crippen LogP contribution in [0.5, 0.6) is 5.75 Å². The third-order valence-corrected chi connectivity index (χ3v) is 5.50. The number of aromatic nitrogens is 2. The summed E-state index contributed by atoms with van der Waals surface area (Å²) in [6.07, 6.45) is 7.50. The highest BCUT2D eigenvalue weighted by atomic mass is 19.1. The van der Waals surface area contributed by atoms with Crippen molar-refractivity contribution in [3.8, 4) is 11.8 Å². The van der Waals surface area contributed by atoms with Gasteiger partial charge in [0.15, 0.2) is 11.6 Å². The van der Waals surface area contributed by atoms with Crippen LogP contribution < -0.4 is 9.64 Å². The minimum Gasteiger partial charge on any atom is -0.487 e. The fraction of sp³-hybridized carbons (Fsp3) is 0.450. The van der Waals surface area contributed by atoms with E-state index in [2.05, 4.69) is 20.9 Å². The summed E-state index contributed by atoms with van der Waals surface area (Å²) in [6.45, 7) is 1.43. The molecule has 4 rings (SSSR count). The van der Waals surface area contributed by atoms with Crippen LogP contribution in [0.2, 0.25) is 0 Å². The van der Waals surface area contributed by atoms with E-state index in [-0.39, 0.29) is 11.9 Å². The van der Waals surface area contributed by atoms with Gasteiger partial charge in [0.25, 0.3) is 0 Å². The number of piperidine rings is 1. The van der Waals surface area contributed by atoms with E-state index in [9.17, 15) is 14.0 Å². The molecule has 27 heavy (non-hydrogen) atoms. The van der Waals surface area contributed by atoms with Crippen molar-refractivity contribution in [3.05, 3.63) is 47.9 Å². The molecule has 1 saturated heterocycles. The van der Waals surface area contributed by atoms with E-state index in [4.69, 9.17) is 4.74 Å². The molecule has 2 aromatic rings. The molecule has 7 heteroatoms. The fourth-order valence-electron chi connectivity index (χ4n) is 3.64. The molecule has 1 aromatic heterocycles. The van der Waals surface area contributed by atoms with Gasteiger partial charge in [-0.15, -0.1) is 0 Å². The Kier molecular flexibility index (Phi) is 4.65. The van der Waals surface area contributed by atoms with Crippen molar-refractivity contribution in [2.45, 2.75) is 43.6 Å². The van der Waals surface area contributed by atoms with Gasteiger partial charge in [0.05, 0.1) is 24.2 Å². The zero-order chi connectivity index (χ0) is 18.9. The zero-order valence-corrected chi connectivity index (χ0v) is 14.9. The molecular formula is C20H20F2N4O. The summed E-state index contributed by atoms with van der Waals surface area (Å²) in [6, 6.07) is 5.73. The van der Waals surface area contributed by atoms with E-state index in [1.54, 1.807) is 12.4 Å². The third kappa shape index (κ3) is 3.44. The molecule has 1 aliphatic carbocycles. The first kappa shape index (κ1) is 17.7. The Morgan fingerprint density at radius 1 is 1.15 bits per heavy atom. The number of anilines is 1. The van der Waals surface area contributed by atoms with Gasteiger partial charge in [0.1, 0.15) is 23.2 Å². The number of hydrogen-bond donors (Lipinski definition) is 0. The fourth-order valence-corrected chi connectivity index (χ4v) is 3.64. The molecule has 140 valence electrons. The molecule has 0 radical (unpaired) electrons. The third-order valence-electron chi connectivity index (χ3n) is 5.50. The van der Waals surface area contributed by atoms with Gasteiger partial charge < -0.3 is 9.64 Å². The summed E-state index contributed by atoms with van der Waals surface area (Å²) in [5, 5.41) is 9.40. The van der Waals surface area contributed by atoms with Crippen LogP contribution in [-0.4, -0.2) is 29.2 Å². The number of nitrogens with zero attached hydrogens (tertiary/aromatic N) is 4. The van der Waals surface area contributed by atoms with Crippen molar-refractivity contribution < 1.29 is 13.5 Å². The molecule has 2 aliphatic rings. The Morgan fingerprint density at radius 3 is 2.48 bits per heavy atom. The number of ether oxygens (including phenoxy) is 1. The average Bonchev–Trinajstić information content (AvgIpc) is 2.65. The molecule has 5 nitrogen and oxygen atoms in total. The molecule has 0 amide bonds. The molecule has 0 N–H and O–H groups in total. The largest absolute Gasteiger partial charge is 0.487 e. The topological polar surface area (TPSA) is 62.0 Å². The summed E-state index contributed by atoms with van der Waals surface area (Å²) in [5.41, 5.74) is 0.302. The van der Waals surface area contributed by atoms with Gasteiger partial charge in [-0.25, -0.2) is 13.8 Å². The van der Waals surface area contributed by atoms with Gasteiger partial charge >= 0.3 is 0 Å². The second-order valence-electron chi connectivity index (χ2n) is 7.19. The number of hydrogen-bond acceptors (Lipinski definition) is 5. The summed E-state index contributed by atoms with van der Waals surface area (Å²) in [4.78, 5) is 11.1. The quantitative estimate of drug-likeness (QED) is 0.820. The highest BCUT2D eigenvalue weighted by Gasteiger charge is 2.40. The van der Waals surface area contributed by atoms with Crippen molar-refractivity contribution >= 4 is 5.82 Å². The van der Waals surface area contributed by atoms with Crippen LogP contribution in [0.25, 0.3) is 0 Å². The lowest BCUT2D eigenvalue weighted by atomic mass is 9.68. The summed E-state index contributed by atoms with van der Waals surface area (Å²) in [7, 11) is 0. The Hall–Kier alpha value is -2.75. The van der Waals surface area contributed by atoms with Gasteiger partial charge in [0.2, 0.25) is 0 Å². The average molecular weight is 370 g/mol. The Labute approximate surface area is 156 Å². The van der Waals surface area contributed by atoms with Crippen molar-refractivity contribution in [1.29, 1.82) is 5.26 Å². The number of halogens is 2. The van der Waals surface area contributed by atoms with Crippen molar-refractivity contribution in [2.24, 2.45) is 0 Å². The monoisotopic (exact) mass is 370 g/mol. The summed E-state index contributed by atoms with van der Waals surface area (Å²) < 4.78 is 32.4. The van der Waals surface area contributed by atoms with Crippen LogP contribution in [0.4, 0.5) is 14.6 Å². The number of nitriles is 1. The lowest BCUT2D eigenvalue weighted by Gasteiger charge is -2.35. The minimum absolute atomic E-state index is 0.0845. The predicted octanol–water partition coefficient (Wildman–Crippen LogP) is 3.75. The predicted molar refractivity (Wildman–Crippen MR) is 95.4 cm³/mol. The van der Waals surface area contributed by atoms with E-state index in [1.165, 1.54) is 12.1 Å². The number of rotatable bonds is 4. The lowest BCUT2D eigenvalue weighted by Crippen LogP contribution is -2.39. The zero-order valence-electron chi connectivity index (χ0n) is 14.9. The first-order valence-corrected chi connectivity index (χ1v) is 9.20. The highest BCUT2D eigenvalue weighted by Crippen LogP contribution is 2.42. The van der Waals surface area contributed by atoms with Gasteiger partial charge in [-0.3, -0.25) is 4.98 Å². The second-order valence-corrected chi connectivity index (χ2v) is 7.19. The van der Waals surface area contributed by atoms with Crippen LogP contribution in [0.15, 0.2) is 30.6 Å². The summed E-state index contributed by atoms with van der Waals surface area (Å²) in [5.74, 6) is -0.433. The van der Waals surface area contributed by atoms with E-state index in [1.807, 2.05) is 0 Å². The SMILES string of the molecule is N#CC1(c2cnc(N3CCC(Oc4ccc(F)cc4F)CC3)cn2)CCC1. The molecule has 0 bridgehead atoms. The normalized spacial score (nSPS) is 19.2. The first-order chi connectivity index (χ1) is 13.1. The van der Waals surface area contributed by atoms with Crippen molar-refractivity contribution in [3.63, 3.8) is 0 Å². The van der Waals surface area contributed by atoms with E-state index < -0.39 is 17.0 Å². The van der Waals surface area contributed by atoms with E-state index in [0.717, 1.165) is 36.8 Å². The molecule has 0 spiro atoms. The molecule has 0 atom stereocenters. The molecule has 1 aromatic carbocycles. The maximum Gasteiger partial charge on any atom is 0.167 e. The maximum atomic E-state index is 13.7. The Morgan fingerprint density at radius 2 is 1.93 bits per heavy atom. The summed E-state index contributed by atoms with van der Waals surface area (Å²) >= 11 is 0. The lowest BCUT2D eigenvalue weighted by molar-refractivity contribution is 0.163.